The first-order chi connectivity index (χ1) is 9.00. The molecule has 8 heteroatoms. The molecule has 0 saturated carbocycles. The average Bonchev–Trinajstić information content (AvgIpc) is 2.89. The lowest BCUT2D eigenvalue weighted by atomic mass is 10.2. The molecule has 1 N–H and O–H groups in total. The molecule has 1 aliphatic heterocycles. The number of hydrogen-bond donors (Lipinski definition) is 1. The maximum absolute atomic E-state index is 12.0. The summed E-state index contributed by atoms with van der Waals surface area (Å²) in [4.78, 5) is 9.79. The van der Waals surface area contributed by atoms with Crippen LogP contribution >= 0.6 is 0 Å². The number of rotatable bonds is 5. The van der Waals surface area contributed by atoms with Crippen LogP contribution in [-0.4, -0.2) is 32.6 Å². The summed E-state index contributed by atoms with van der Waals surface area (Å²) >= 11 is 0. The zero-order chi connectivity index (χ0) is 13.9. The van der Waals surface area contributed by atoms with Gasteiger partial charge in [0.1, 0.15) is 0 Å². The predicted octanol–water partition coefficient (Wildman–Crippen LogP) is 1.05. The molecule has 1 atom stereocenters. The third-order valence-electron chi connectivity index (χ3n) is 2.88. The molecule has 1 aromatic carbocycles. The van der Waals surface area contributed by atoms with Crippen molar-refractivity contribution in [3.63, 3.8) is 0 Å². The molecule has 2 rings (SSSR count). The monoisotopic (exact) mass is 286 g/mol. The number of nitro groups is 1. The number of sulfonamides is 1. The fourth-order valence-corrected chi connectivity index (χ4v) is 3.16. The molecule has 0 bridgehead atoms. The Morgan fingerprint density at radius 1 is 1.42 bits per heavy atom. The minimum absolute atomic E-state index is 0.133. The van der Waals surface area contributed by atoms with E-state index in [2.05, 4.69) is 4.72 Å². The smallest absolute Gasteiger partial charge is 0.289 e. The number of para-hydroxylation sites is 1. The van der Waals surface area contributed by atoms with Crippen LogP contribution in [0, 0.1) is 10.1 Å². The summed E-state index contributed by atoms with van der Waals surface area (Å²) in [5.41, 5.74) is -0.428. The van der Waals surface area contributed by atoms with Crippen molar-refractivity contribution in [2.24, 2.45) is 0 Å². The highest BCUT2D eigenvalue weighted by Crippen LogP contribution is 2.22. The third-order valence-corrected chi connectivity index (χ3v) is 4.35. The Kier molecular flexibility index (Phi) is 4.13. The topological polar surface area (TPSA) is 98.5 Å². The quantitative estimate of drug-likeness (QED) is 0.644. The van der Waals surface area contributed by atoms with E-state index in [4.69, 9.17) is 4.74 Å². The van der Waals surface area contributed by atoms with Crippen molar-refractivity contribution in [3.05, 3.63) is 34.4 Å². The summed E-state index contributed by atoms with van der Waals surface area (Å²) in [6.07, 6.45) is 1.54. The van der Waals surface area contributed by atoms with Crippen molar-refractivity contribution >= 4 is 15.7 Å². The molecule has 1 aliphatic rings. The molecule has 1 fully saturated rings. The number of nitro benzene ring substituents is 1. The molecule has 19 heavy (non-hydrogen) atoms. The fourth-order valence-electron chi connectivity index (χ4n) is 1.92. The second-order valence-electron chi connectivity index (χ2n) is 4.21. The van der Waals surface area contributed by atoms with Gasteiger partial charge in [-0.15, -0.1) is 0 Å². The first-order valence-electron chi connectivity index (χ1n) is 5.85. The summed E-state index contributed by atoms with van der Waals surface area (Å²) in [5.74, 6) is 0. The Morgan fingerprint density at radius 2 is 2.16 bits per heavy atom. The van der Waals surface area contributed by atoms with Crippen LogP contribution in [-0.2, 0) is 14.8 Å². The minimum Gasteiger partial charge on any atom is -0.377 e. The van der Waals surface area contributed by atoms with Crippen LogP contribution in [0.1, 0.15) is 12.8 Å². The highest BCUT2D eigenvalue weighted by atomic mass is 32.2. The zero-order valence-corrected chi connectivity index (χ0v) is 10.9. The molecule has 1 saturated heterocycles. The highest BCUT2D eigenvalue weighted by molar-refractivity contribution is 7.89. The Labute approximate surface area is 110 Å². The van der Waals surface area contributed by atoms with E-state index in [-0.39, 0.29) is 17.5 Å². The van der Waals surface area contributed by atoms with E-state index in [9.17, 15) is 18.5 Å². The molecule has 0 radical (unpaired) electrons. The molecular formula is C11H14N2O5S. The summed E-state index contributed by atoms with van der Waals surface area (Å²) in [6, 6.07) is 5.27. The minimum atomic E-state index is -3.90. The van der Waals surface area contributed by atoms with Gasteiger partial charge < -0.3 is 4.74 Å². The Balaban J connectivity index is 2.17. The third kappa shape index (κ3) is 3.28. The number of ether oxygens (including phenoxy) is 1. The van der Waals surface area contributed by atoms with Crippen LogP contribution in [0.25, 0.3) is 0 Å². The first kappa shape index (κ1) is 13.9. The van der Waals surface area contributed by atoms with Gasteiger partial charge in [0, 0.05) is 19.2 Å². The first-order valence-corrected chi connectivity index (χ1v) is 7.34. The second-order valence-corrected chi connectivity index (χ2v) is 5.95. The van der Waals surface area contributed by atoms with Crippen molar-refractivity contribution in [2.45, 2.75) is 23.8 Å². The summed E-state index contributed by atoms with van der Waals surface area (Å²) < 4.78 is 31.7. The predicted molar refractivity (Wildman–Crippen MR) is 67.3 cm³/mol. The molecule has 104 valence electrons. The average molecular weight is 286 g/mol. The Bertz CT molecular complexity index is 566. The van der Waals surface area contributed by atoms with Gasteiger partial charge in [0.15, 0.2) is 4.90 Å². The number of nitrogens with zero attached hydrogens (tertiary/aromatic N) is 1. The van der Waals surface area contributed by atoms with Gasteiger partial charge in [-0.3, -0.25) is 10.1 Å². The number of nitrogens with one attached hydrogen (secondary N) is 1. The van der Waals surface area contributed by atoms with Gasteiger partial charge >= 0.3 is 0 Å². The normalized spacial score (nSPS) is 19.5. The van der Waals surface area contributed by atoms with E-state index < -0.39 is 20.6 Å². The highest BCUT2D eigenvalue weighted by Gasteiger charge is 2.26. The van der Waals surface area contributed by atoms with E-state index in [0.717, 1.165) is 12.8 Å². The number of hydrogen-bond acceptors (Lipinski definition) is 5. The standard InChI is InChI=1S/C11H14N2O5S/c14-13(15)10-5-1-2-6-11(10)19(16,17)12-8-9-4-3-7-18-9/h1-2,5-6,9,12H,3-4,7-8H2/t9-/m1/s1. The van der Waals surface area contributed by atoms with Crippen LogP contribution < -0.4 is 4.72 Å². The van der Waals surface area contributed by atoms with Crippen LogP contribution in [0.15, 0.2) is 29.2 Å². The van der Waals surface area contributed by atoms with Gasteiger partial charge in [0.05, 0.1) is 11.0 Å². The molecule has 7 nitrogen and oxygen atoms in total. The molecule has 0 spiro atoms. The summed E-state index contributed by atoms with van der Waals surface area (Å²) in [6.45, 7) is 0.756. The Hall–Kier alpha value is -1.51. The molecular weight excluding hydrogens is 272 g/mol. The van der Waals surface area contributed by atoms with Crippen molar-refractivity contribution in [2.75, 3.05) is 13.2 Å². The maximum atomic E-state index is 12.0. The van der Waals surface area contributed by atoms with Gasteiger partial charge in [-0.2, -0.15) is 0 Å². The second kappa shape index (κ2) is 5.64. The Morgan fingerprint density at radius 3 is 2.79 bits per heavy atom. The van der Waals surface area contributed by atoms with E-state index >= 15 is 0 Å². The maximum Gasteiger partial charge on any atom is 0.289 e. The van der Waals surface area contributed by atoms with Crippen LogP contribution in [0.2, 0.25) is 0 Å². The van der Waals surface area contributed by atoms with Crippen LogP contribution in [0.5, 0.6) is 0 Å². The SMILES string of the molecule is O=[N+]([O-])c1ccccc1S(=O)(=O)NC[C@H]1CCCO1. The van der Waals surface area contributed by atoms with E-state index in [0.29, 0.717) is 6.61 Å². The molecule has 1 heterocycles. The van der Waals surface area contributed by atoms with Crippen molar-refractivity contribution in [1.29, 1.82) is 0 Å². The summed E-state index contributed by atoms with van der Waals surface area (Å²) in [7, 11) is -3.90. The lowest BCUT2D eigenvalue weighted by Crippen LogP contribution is -2.32. The molecule has 0 aromatic heterocycles. The fraction of sp³-hybridized carbons (Fsp3) is 0.455. The largest absolute Gasteiger partial charge is 0.377 e. The van der Waals surface area contributed by atoms with Crippen molar-refractivity contribution in [1.82, 2.24) is 4.72 Å². The van der Waals surface area contributed by atoms with Gasteiger partial charge in [0.25, 0.3) is 5.69 Å². The van der Waals surface area contributed by atoms with Crippen LogP contribution in [0.3, 0.4) is 0 Å². The van der Waals surface area contributed by atoms with Crippen LogP contribution in [0.4, 0.5) is 5.69 Å². The zero-order valence-electron chi connectivity index (χ0n) is 10.1. The van der Waals surface area contributed by atoms with Crippen molar-refractivity contribution < 1.29 is 18.1 Å². The van der Waals surface area contributed by atoms with Gasteiger partial charge in [-0.05, 0) is 18.9 Å². The molecule has 1 aromatic rings. The van der Waals surface area contributed by atoms with E-state index in [1.807, 2.05) is 0 Å². The van der Waals surface area contributed by atoms with Gasteiger partial charge in [0.2, 0.25) is 10.0 Å². The molecule has 0 aliphatic carbocycles. The van der Waals surface area contributed by atoms with E-state index in [1.54, 1.807) is 0 Å². The lowest BCUT2D eigenvalue weighted by Gasteiger charge is -2.11. The van der Waals surface area contributed by atoms with Gasteiger partial charge in [-0.1, -0.05) is 12.1 Å². The summed E-state index contributed by atoms with van der Waals surface area (Å²) in [5, 5.41) is 10.8. The number of benzene rings is 1. The van der Waals surface area contributed by atoms with Crippen molar-refractivity contribution in [3.8, 4) is 0 Å². The molecule has 0 unspecified atom stereocenters. The molecule has 0 amide bonds. The van der Waals surface area contributed by atoms with Gasteiger partial charge in [-0.25, -0.2) is 13.1 Å². The lowest BCUT2D eigenvalue weighted by molar-refractivity contribution is -0.387. The van der Waals surface area contributed by atoms with E-state index in [1.165, 1.54) is 24.3 Å².